The molecule has 0 unspecified atom stereocenters. The molecule has 2 heterocycles. The highest BCUT2D eigenvalue weighted by Crippen LogP contribution is 2.41. The van der Waals surface area contributed by atoms with E-state index in [4.69, 9.17) is 21.9 Å². The maximum absolute atomic E-state index is 13.2. The number of aliphatic hydroxyl groups excluding tert-OH is 2. The van der Waals surface area contributed by atoms with Gasteiger partial charge < -0.3 is 31.5 Å². The normalized spacial score (nSPS) is 31.8. The standard InChI is InChI=1S/C15H25N5O7/c16-5-2-1-3-8(17)11(23)15(20-6-4-10(22)19-13(20)25)14(18,26)12(24)9(7-21)27-15/h4,6,8-9,12,21,24,26H,1-3,5,7,16-18H2,(H,19,22,25)/t8-,9+,12+,14+,15+/m0/s1. The van der Waals surface area contributed by atoms with E-state index in [1.54, 1.807) is 0 Å². The number of rotatable bonds is 8. The van der Waals surface area contributed by atoms with Gasteiger partial charge in [-0.1, -0.05) is 6.42 Å². The van der Waals surface area contributed by atoms with Crippen LogP contribution in [0.5, 0.6) is 0 Å². The largest absolute Gasteiger partial charge is 0.394 e. The molecular weight excluding hydrogens is 362 g/mol. The predicted octanol–water partition coefficient (Wildman–Crippen LogP) is -4.39. The van der Waals surface area contributed by atoms with E-state index in [1.807, 2.05) is 4.98 Å². The third kappa shape index (κ3) is 3.48. The van der Waals surface area contributed by atoms with Crippen molar-refractivity contribution in [1.29, 1.82) is 0 Å². The summed E-state index contributed by atoms with van der Waals surface area (Å²) in [5.41, 5.74) is 9.82. The number of ether oxygens (including phenoxy) is 1. The van der Waals surface area contributed by atoms with Gasteiger partial charge >= 0.3 is 5.69 Å². The summed E-state index contributed by atoms with van der Waals surface area (Å²) in [4.78, 5) is 38.8. The Hall–Kier alpha value is -1.93. The summed E-state index contributed by atoms with van der Waals surface area (Å²) in [6, 6.07) is -0.316. The number of carbonyl (C=O) groups excluding carboxylic acids is 1. The molecule has 1 aromatic heterocycles. The molecule has 12 nitrogen and oxygen atoms in total. The first-order valence-electron chi connectivity index (χ1n) is 8.44. The van der Waals surface area contributed by atoms with Gasteiger partial charge in [-0.15, -0.1) is 0 Å². The van der Waals surface area contributed by atoms with Gasteiger partial charge in [-0.25, -0.2) is 4.79 Å². The number of ketones is 1. The fraction of sp³-hybridized carbons (Fsp3) is 0.667. The summed E-state index contributed by atoms with van der Waals surface area (Å²) in [6.45, 7) is -0.412. The lowest BCUT2D eigenvalue weighted by Gasteiger charge is -2.39. The highest BCUT2D eigenvalue weighted by Gasteiger charge is 2.69. The fourth-order valence-corrected chi connectivity index (χ4v) is 3.18. The van der Waals surface area contributed by atoms with Crippen LogP contribution < -0.4 is 28.5 Å². The van der Waals surface area contributed by atoms with Crippen molar-refractivity contribution in [3.05, 3.63) is 33.1 Å². The molecule has 0 amide bonds. The number of hydrogen-bond donors (Lipinski definition) is 7. The lowest BCUT2D eigenvalue weighted by Crippen LogP contribution is -2.71. The molecule has 0 spiro atoms. The fourth-order valence-electron chi connectivity index (χ4n) is 3.18. The lowest BCUT2D eigenvalue weighted by molar-refractivity contribution is -0.201. The Balaban J connectivity index is 2.61. The van der Waals surface area contributed by atoms with Crippen molar-refractivity contribution in [3.63, 3.8) is 0 Å². The number of aliphatic hydroxyl groups is 3. The first-order chi connectivity index (χ1) is 12.6. The minimum absolute atomic E-state index is 0.148. The number of hydrogen-bond acceptors (Lipinski definition) is 10. The summed E-state index contributed by atoms with van der Waals surface area (Å²) >= 11 is 0. The Bertz CT molecular complexity index is 791. The van der Waals surface area contributed by atoms with E-state index in [2.05, 4.69) is 0 Å². The molecule has 2 rings (SSSR count). The lowest BCUT2D eigenvalue weighted by atomic mass is 9.87. The zero-order chi connectivity index (χ0) is 20.4. The highest BCUT2D eigenvalue weighted by molar-refractivity contribution is 5.91. The van der Waals surface area contributed by atoms with Gasteiger partial charge in [-0.05, 0) is 19.4 Å². The molecule has 0 saturated carbocycles. The first kappa shape index (κ1) is 21.4. The van der Waals surface area contributed by atoms with Crippen molar-refractivity contribution in [1.82, 2.24) is 9.55 Å². The predicted molar refractivity (Wildman–Crippen MR) is 92.3 cm³/mol. The van der Waals surface area contributed by atoms with E-state index in [9.17, 15) is 29.7 Å². The molecule has 1 fully saturated rings. The van der Waals surface area contributed by atoms with Gasteiger partial charge in [0.2, 0.25) is 5.78 Å². The summed E-state index contributed by atoms with van der Waals surface area (Å²) in [6.07, 6.45) is -1.27. The maximum Gasteiger partial charge on any atom is 0.331 e. The average Bonchev–Trinajstić information content (AvgIpc) is 2.82. The topological polar surface area (TPSA) is 220 Å². The molecule has 1 aliphatic heterocycles. The smallest absolute Gasteiger partial charge is 0.331 e. The number of aromatic nitrogens is 2. The van der Waals surface area contributed by atoms with E-state index in [0.717, 1.165) is 12.3 Å². The van der Waals surface area contributed by atoms with Crippen molar-refractivity contribution in [2.75, 3.05) is 13.2 Å². The molecule has 1 aromatic rings. The van der Waals surface area contributed by atoms with Crippen LogP contribution in [0.25, 0.3) is 0 Å². The number of unbranched alkanes of at least 4 members (excludes halogenated alkanes) is 1. The number of nitrogens with one attached hydrogen (secondary N) is 1. The quantitative estimate of drug-likeness (QED) is 0.168. The van der Waals surface area contributed by atoms with Gasteiger partial charge in [0.1, 0.15) is 12.2 Å². The Kier molecular flexibility index (Phi) is 6.32. The van der Waals surface area contributed by atoms with Crippen LogP contribution in [0, 0.1) is 0 Å². The second-order valence-electron chi connectivity index (χ2n) is 6.49. The molecular formula is C15H25N5O7. The summed E-state index contributed by atoms with van der Waals surface area (Å²) in [5, 5.41) is 30.4. The molecule has 27 heavy (non-hydrogen) atoms. The van der Waals surface area contributed by atoms with E-state index in [-0.39, 0.29) is 6.42 Å². The van der Waals surface area contributed by atoms with Crippen LogP contribution in [0.4, 0.5) is 0 Å². The molecule has 152 valence electrons. The zero-order valence-corrected chi connectivity index (χ0v) is 14.6. The van der Waals surface area contributed by atoms with Crippen LogP contribution in [-0.2, 0) is 15.3 Å². The molecule has 0 aromatic carbocycles. The van der Waals surface area contributed by atoms with Crippen molar-refractivity contribution in [2.45, 2.75) is 49.0 Å². The summed E-state index contributed by atoms with van der Waals surface area (Å²) < 4.78 is 6.00. The number of Topliss-reactive ketones (excluding diaryl/α,β-unsaturated/α-hetero) is 1. The third-order valence-corrected chi connectivity index (χ3v) is 4.65. The van der Waals surface area contributed by atoms with Crippen molar-refractivity contribution >= 4 is 5.78 Å². The van der Waals surface area contributed by atoms with Gasteiger partial charge in [0.05, 0.1) is 12.6 Å². The minimum atomic E-state index is -2.81. The second kappa shape index (κ2) is 7.98. The van der Waals surface area contributed by atoms with Crippen molar-refractivity contribution < 1.29 is 24.9 Å². The molecule has 1 saturated heterocycles. The van der Waals surface area contributed by atoms with Crippen LogP contribution >= 0.6 is 0 Å². The van der Waals surface area contributed by atoms with Crippen molar-refractivity contribution in [3.8, 4) is 0 Å². The SMILES string of the molecule is NCCCC[C@H](N)C(=O)[C@@]1(n2ccc(=O)[nH]c2=O)O[C@H](CO)[C@@H](O)[C@@]1(N)O. The Labute approximate surface area is 153 Å². The number of carbonyl (C=O) groups is 1. The van der Waals surface area contributed by atoms with Crippen LogP contribution in [0.15, 0.2) is 21.9 Å². The molecule has 10 N–H and O–H groups in total. The van der Waals surface area contributed by atoms with Crippen LogP contribution in [0.3, 0.4) is 0 Å². The zero-order valence-electron chi connectivity index (χ0n) is 14.6. The van der Waals surface area contributed by atoms with Crippen LogP contribution in [0.2, 0.25) is 0 Å². The first-order valence-corrected chi connectivity index (χ1v) is 8.44. The van der Waals surface area contributed by atoms with Crippen molar-refractivity contribution in [2.24, 2.45) is 17.2 Å². The van der Waals surface area contributed by atoms with Gasteiger partial charge in [0, 0.05) is 12.3 Å². The molecule has 1 aliphatic rings. The molecule has 0 aliphatic carbocycles. The Morgan fingerprint density at radius 2 is 2.07 bits per heavy atom. The average molecular weight is 387 g/mol. The van der Waals surface area contributed by atoms with E-state index < -0.39 is 53.3 Å². The highest BCUT2D eigenvalue weighted by atomic mass is 16.6. The minimum Gasteiger partial charge on any atom is -0.394 e. The molecule has 0 radical (unpaired) electrons. The van der Waals surface area contributed by atoms with E-state index in [1.165, 1.54) is 0 Å². The monoisotopic (exact) mass is 387 g/mol. The number of aromatic amines is 1. The maximum atomic E-state index is 13.2. The van der Waals surface area contributed by atoms with E-state index in [0.29, 0.717) is 24.0 Å². The number of nitrogens with two attached hydrogens (primary N) is 3. The van der Waals surface area contributed by atoms with Gasteiger partial charge in [0.15, 0.2) is 5.72 Å². The summed E-state index contributed by atoms with van der Waals surface area (Å²) in [7, 11) is 0. The van der Waals surface area contributed by atoms with Crippen LogP contribution in [-0.4, -0.2) is 67.8 Å². The third-order valence-electron chi connectivity index (χ3n) is 4.65. The summed E-state index contributed by atoms with van der Waals surface area (Å²) in [5.74, 6) is -0.992. The van der Waals surface area contributed by atoms with E-state index >= 15 is 0 Å². The molecule has 0 bridgehead atoms. The molecule has 5 atom stereocenters. The molecule has 12 heteroatoms. The van der Waals surface area contributed by atoms with Gasteiger partial charge in [0.25, 0.3) is 11.3 Å². The number of H-pyrrole nitrogens is 1. The Morgan fingerprint density at radius 1 is 1.41 bits per heavy atom. The second-order valence-corrected chi connectivity index (χ2v) is 6.49. The number of nitrogens with zero attached hydrogens (tertiary/aromatic N) is 1. The van der Waals surface area contributed by atoms with Gasteiger partial charge in [-0.3, -0.25) is 24.9 Å². The van der Waals surface area contributed by atoms with Crippen LogP contribution in [0.1, 0.15) is 19.3 Å². The van der Waals surface area contributed by atoms with Gasteiger partial charge in [-0.2, -0.15) is 0 Å². The Morgan fingerprint density at radius 3 is 2.59 bits per heavy atom.